The molecule has 4 nitrogen and oxygen atoms in total. The van der Waals surface area contributed by atoms with Crippen LogP contribution >= 0.6 is 0 Å². The number of rotatable bonds is 6. The van der Waals surface area contributed by atoms with Crippen LogP contribution in [0.3, 0.4) is 0 Å². The van der Waals surface area contributed by atoms with E-state index in [0.717, 1.165) is 5.69 Å². The number of aliphatic carboxylic acids is 1. The largest absolute Gasteiger partial charge is 0.481 e. The summed E-state index contributed by atoms with van der Waals surface area (Å²) in [4.78, 5) is 17.3. The van der Waals surface area contributed by atoms with Crippen LogP contribution in [0, 0.1) is 0 Å². The second kappa shape index (κ2) is 5.27. The molecule has 0 spiro atoms. The Morgan fingerprint density at radius 2 is 2.35 bits per heavy atom. The third-order valence-electron chi connectivity index (χ3n) is 3.21. The first-order valence-corrected chi connectivity index (χ1v) is 6.07. The van der Waals surface area contributed by atoms with Gasteiger partial charge in [0.05, 0.1) is 12.1 Å². The van der Waals surface area contributed by atoms with Crippen molar-refractivity contribution in [2.75, 3.05) is 6.54 Å². The summed E-state index contributed by atoms with van der Waals surface area (Å²) in [7, 11) is 0. The van der Waals surface area contributed by atoms with Crippen LogP contribution in [0.1, 0.15) is 37.9 Å². The Kier molecular flexibility index (Phi) is 3.74. The lowest BCUT2D eigenvalue weighted by Gasteiger charge is -2.28. The SMILES string of the molecule is CC(c1ccccn1)N(CCC(=O)O)C1CC1. The third-order valence-corrected chi connectivity index (χ3v) is 3.21. The molecule has 1 aromatic rings. The molecule has 1 N–H and O–H groups in total. The van der Waals surface area contributed by atoms with Crippen molar-refractivity contribution in [3.63, 3.8) is 0 Å². The Hall–Kier alpha value is -1.42. The predicted octanol–water partition coefficient (Wildman–Crippen LogP) is 2.08. The van der Waals surface area contributed by atoms with Crippen molar-refractivity contribution in [3.8, 4) is 0 Å². The lowest BCUT2D eigenvalue weighted by molar-refractivity contribution is -0.137. The molecule has 1 heterocycles. The van der Waals surface area contributed by atoms with Crippen molar-refractivity contribution in [1.29, 1.82) is 0 Å². The van der Waals surface area contributed by atoms with E-state index >= 15 is 0 Å². The van der Waals surface area contributed by atoms with Crippen molar-refractivity contribution in [1.82, 2.24) is 9.88 Å². The Labute approximate surface area is 101 Å². The normalized spacial score (nSPS) is 17.1. The number of pyridine rings is 1. The minimum Gasteiger partial charge on any atom is -0.481 e. The fraction of sp³-hybridized carbons (Fsp3) is 0.538. The van der Waals surface area contributed by atoms with Gasteiger partial charge < -0.3 is 5.11 Å². The Bertz CT molecular complexity index is 376. The number of carboxylic acids is 1. The van der Waals surface area contributed by atoms with Gasteiger partial charge in [-0.15, -0.1) is 0 Å². The van der Waals surface area contributed by atoms with Gasteiger partial charge in [0.1, 0.15) is 0 Å². The first kappa shape index (κ1) is 12.0. The van der Waals surface area contributed by atoms with Gasteiger partial charge in [0.15, 0.2) is 0 Å². The van der Waals surface area contributed by atoms with Crippen LogP contribution in [0.4, 0.5) is 0 Å². The van der Waals surface area contributed by atoms with E-state index in [9.17, 15) is 4.79 Å². The maximum Gasteiger partial charge on any atom is 0.304 e. The highest BCUT2D eigenvalue weighted by molar-refractivity contribution is 5.66. The molecule has 0 aromatic carbocycles. The predicted molar refractivity (Wildman–Crippen MR) is 64.6 cm³/mol. The number of hydrogen-bond donors (Lipinski definition) is 1. The summed E-state index contributed by atoms with van der Waals surface area (Å²) in [6.45, 7) is 2.71. The zero-order valence-electron chi connectivity index (χ0n) is 10.0. The van der Waals surface area contributed by atoms with E-state index in [2.05, 4.69) is 16.8 Å². The highest BCUT2D eigenvalue weighted by Gasteiger charge is 2.33. The maximum atomic E-state index is 10.7. The second-order valence-electron chi connectivity index (χ2n) is 4.54. The summed E-state index contributed by atoms with van der Waals surface area (Å²) < 4.78 is 0. The number of carbonyl (C=O) groups is 1. The van der Waals surface area contributed by atoms with Gasteiger partial charge >= 0.3 is 5.97 Å². The van der Waals surface area contributed by atoms with Crippen LogP contribution in [0.5, 0.6) is 0 Å². The van der Waals surface area contributed by atoms with E-state index < -0.39 is 5.97 Å². The van der Waals surface area contributed by atoms with E-state index in [0.29, 0.717) is 12.6 Å². The molecule has 92 valence electrons. The van der Waals surface area contributed by atoms with Gasteiger partial charge in [0.2, 0.25) is 0 Å². The molecular formula is C13H18N2O2. The van der Waals surface area contributed by atoms with Crippen LogP contribution in [0.2, 0.25) is 0 Å². The monoisotopic (exact) mass is 234 g/mol. The van der Waals surface area contributed by atoms with Gasteiger partial charge in [-0.05, 0) is 31.9 Å². The Morgan fingerprint density at radius 1 is 1.59 bits per heavy atom. The summed E-state index contributed by atoms with van der Waals surface area (Å²) in [6.07, 6.45) is 4.34. The zero-order chi connectivity index (χ0) is 12.3. The number of hydrogen-bond acceptors (Lipinski definition) is 3. The molecule has 0 saturated heterocycles. The average Bonchev–Trinajstić information content (AvgIpc) is 3.14. The van der Waals surface area contributed by atoms with Crippen molar-refractivity contribution in [2.45, 2.75) is 38.3 Å². The van der Waals surface area contributed by atoms with Gasteiger partial charge in [-0.1, -0.05) is 6.07 Å². The molecule has 17 heavy (non-hydrogen) atoms. The number of carboxylic acid groups (broad SMARTS) is 1. The van der Waals surface area contributed by atoms with Gasteiger partial charge in [0.25, 0.3) is 0 Å². The van der Waals surface area contributed by atoms with Gasteiger partial charge in [-0.25, -0.2) is 0 Å². The third kappa shape index (κ3) is 3.27. The first-order valence-electron chi connectivity index (χ1n) is 6.07. The van der Waals surface area contributed by atoms with Crippen molar-refractivity contribution in [3.05, 3.63) is 30.1 Å². The molecular weight excluding hydrogens is 216 g/mol. The lowest BCUT2D eigenvalue weighted by Crippen LogP contribution is -2.31. The van der Waals surface area contributed by atoms with E-state index in [-0.39, 0.29) is 12.5 Å². The van der Waals surface area contributed by atoms with Gasteiger partial charge in [0, 0.05) is 24.8 Å². The quantitative estimate of drug-likeness (QED) is 0.818. The maximum absolute atomic E-state index is 10.7. The van der Waals surface area contributed by atoms with Crippen LogP contribution in [0.15, 0.2) is 24.4 Å². The molecule has 1 aliphatic rings. The molecule has 0 radical (unpaired) electrons. The zero-order valence-corrected chi connectivity index (χ0v) is 10.0. The van der Waals surface area contributed by atoms with Crippen molar-refractivity contribution in [2.24, 2.45) is 0 Å². The summed E-state index contributed by atoms with van der Waals surface area (Å²) >= 11 is 0. The van der Waals surface area contributed by atoms with Crippen LogP contribution in [0.25, 0.3) is 0 Å². The first-order chi connectivity index (χ1) is 8.18. The summed E-state index contributed by atoms with van der Waals surface area (Å²) in [5.41, 5.74) is 1.02. The number of aromatic nitrogens is 1. The van der Waals surface area contributed by atoms with E-state index in [1.54, 1.807) is 6.20 Å². The molecule has 0 aliphatic heterocycles. The average molecular weight is 234 g/mol. The van der Waals surface area contributed by atoms with Gasteiger partial charge in [-0.2, -0.15) is 0 Å². The highest BCUT2D eigenvalue weighted by atomic mass is 16.4. The highest BCUT2D eigenvalue weighted by Crippen LogP contribution is 2.33. The van der Waals surface area contributed by atoms with Crippen molar-refractivity contribution >= 4 is 5.97 Å². The smallest absolute Gasteiger partial charge is 0.304 e. The standard InChI is InChI=1S/C13H18N2O2/c1-10(12-4-2-3-8-14-12)15(11-5-6-11)9-7-13(16)17/h2-4,8,10-11H,5-7,9H2,1H3,(H,16,17). The molecule has 1 unspecified atom stereocenters. The molecule has 0 amide bonds. The Morgan fingerprint density at radius 3 is 2.88 bits per heavy atom. The summed E-state index contributed by atoms with van der Waals surface area (Å²) in [5.74, 6) is -0.733. The molecule has 4 heteroatoms. The minimum atomic E-state index is -0.733. The Balaban J connectivity index is 2.02. The molecule has 1 aromatic heterocycles. The molecule has 1 fully saturated rings. The van der Waals surface area contributed by atoms with Crippen LogP contribution < -0.4 is 0 Å². The van der Waals surface area contributed by atoms with Crippen LogP contribution in [-0.2, 0) is 4.79 Å². The lowest BCUT2D eigenvalue weighted by atomic mass is 10.1. The van der Waals surface area contributed by atoms with E-state index in [1.165, 1.54) is 12.8 Å². The summed E-state index contributed by atoms with van der Waals surface area (Å²) in [6, 6.07) is 6.62. The number of nitrogens with zero attached hydrogens (tertiary/aromatic N) is 2. The topological polar surface area (TPSA) is 53.4 Å². The molecule has 1 atom stereocenters. The fourth-order valence-electron chi connectivity index (χ4n) is 2.12. The molecule has 1 aliphatic carbocycles. The molecule has 0 bridgehead atoms. The second-order valence-corrected chi connectivity index (χ2v) is 4.54. The fourth-order valence-corrected chi connectivity index (χ4v) is 2.12. The van der Waals surface area contributed by atoms with Crippen molar-refractivity contribution < 1.29 is 9.90 Å². The van der Waals surface area contributed by atoms with Gasteiger partial charge in [-0.3, -0.25) is 14.7 Å². The molecule has 2 rings (SSSR count). The summed E-state index contributed by atoms with van der Waals surface area (Å²) in [5, 5.41) is 8.77. The minimum absolute atomic E-state index is 0.197. The molecule has 1 saturated carbocycles. The van der Waals surface area contributed by atoms with Crippen LogP contribution in [-0.4, -0.2) is 33.5 Å². The van der Waals surface area contributed by atoms with E-state index in [4.69, 9.17) is 5.11 Å². The van der Waals surface area contributed by atoms with E-state index in [1.807, 2.05) is 18.2 Å².